The van der Waals surface area contributed by atoms with Crippen molar-refractivity contribution in [3.63, 3.8) is 0 Å². The fourth-order valence-electron chi connectivity index (χ4n) is 1.26. The van der Waals surface area contributed by atoms with Crippen LogP contribution >= 0.6 is 0 Å². The van der Waals surface area contributed by atoms with Crippen molar-refractivity contribution in [3.8, 4) is 0 Å². The average molecular weight is 158 g/mol. The predicted octanol–water partition coefficient (Wildman–Crippen LogP) is 0.507. The minimum Gasteiger partial charge on any atom is -0.393 e. The van der Waals surface area contributed by atoms with Gasteiger partial charge in [-0.05, 0) is 12.8 Å². The highest BCUT2D eigenvalue weighted by atomic mass is 16.5. The average Bonchev–Trinajstić information content (AvgIpc) is 2.07. The van der Waals surface area contributed by atoms with Crippen LogP contribution in [0.2, 0.25) is 0 Å². The topological polar surface area (TPSA) is 46.5 Å². The lowest BCUT2D eigenvalue weighted by molar-refractivity contribution is -0.149. The normalized spacial score (nSPS) is 32.4. The van der Waals surface area contributed by atoms with Gasteiger partial charge in [0.05, 0.1) is 12.2 Å². The molecule has 3 heteroatoms. The lowest BCUT2D eigenvalue weighted by atomic mass is 9.92. The van der Waals surface area contributed by atoms with Gasteiger partial charge in [-0.1, -0.05) is 6.92 Å². The number of hydrogen-bond donors (Lipinski definition) is 1. The van der Waals surface area contributed by atoms with Gasteiger partial charge in [-0.2, -0.15) is 0 Å². The van der Waals surface area contributed by atoms with E-state index in [4.69, 9.17) is 9.84 Å². The molecule has 1 rings (SSSR count). The van der Waals surface area contributed by atoms with Gasteiger partial charge >= 0.3 is 0 Å². The number of carbonyl (C=O) groups is 1. The molecule has 1 N–H and O–H groups in total. The van der Waals surface area contributed by atoms with Crippen molar-refractivity contribution < 1.29 is 14.6 Å². The summed E-state index contributed by atoms with van der Waals surface area (Å²) in [6.45, 7) is 2.16. The molecule has 0 aromatic rings. The van der Waals surface area contributed by atoms with E-state index in [2.05, 4.69) is 0 Å². The Hall–Kier alpha value is -0.410. The lowest BCUT2D eigenvalue weighted by Gasteiger charge is -2.33. The van der Waals surface area contributed by atoms with E-state index >= 15 is 0 Å². The quantitative estimate of drug-likeness (QED) is 0.636. The van der Waals surface area contributed by atoms with E-state index in [1.54, 1.807) is 0 Å². The molecule has 1 heterocycles. The molecule has 0 saturated carbocycles. The van der Waals surface area contributed by atoms with Gasteiger partial charge in [-0.15, -0.1) is 0 Å². The summed E-state index contributed by atoms with van der Waals surface area (Å²) in [4.78, 5) is 10.8. The fraction of sp³-hybridized carbons (Fsp3) is 0.875. The summed E-state index contributed by atoms with van der Waals surface area (Å²) in [6.07, 6.45) is 1.99. The number of ketones is 1. The lowest BCUT2D eigenvalue weighted by Crippen LogP contribution is -2.42. The van der Waals surface area contributed by atoms with Crippen LogP contribution < -0.4 is 0 Å². The Kier molecular flexibility index (Phi) is 2.62. The van der Waals surface area contributed by atoms with Crippen molar-refractivity contribution in [2.45, 2.75) is 31.8 Å². The van der Waals surface area contributed by atoms with Gasteiger partial charge in [0, 0.05) is 6.42 Å². The predicted molar refractivity (Wildman–Crippen MR) is 40.3 cm³/mol. The highest BCUT2D eigenvalue weighted by Crippen LogP contribution is 2.25. The van der Waals surface area contributed by atoms with Crippen LogP contribution in [0.5, 0.6) is 0 Å². The molecule has 0 aromatic carbocycles. The Morgan fingerprint density at radius 2 is 2.45 bits per heavy atom. The van der Waals surface area contributed by atoms with Gasteiger partial charge in [0.15, 0.2) is 5.78 Å². The fourth-order valence-corrected chi connectivity index (χ4v) is 1.26. The highest BCUT2D eigenvalue weighted by molar-refractivity contribution is 5.80. The van der Waals surface area contributed by atoms with Gasteiger partial charge in [-0.25, -0.2) is 0 Å². The van der Waals surface area contributed by atoms with Crippen LogP contribution in [-0.4, -0.2) is 29.7 Å². The number of Topliss-reactive ketones (excluding diaryl/α,β-unsaturated/α-hetero) is 1. The molecule has 0 radical (unpaired) electrons. The first-order valence-corrected chi connectivity index (χ1v) is 3.99. The molecular weight excluding hydrogens is 144 g/mol. The second-order valence-corrected chi connectivity index (χ2v) is 3.02. The van der Waals surface area contributed by atoms with Crippen molar-refractivity contribution in [2.24, 2.45) is 0 Å². The number of carbonyl (C=O) groups excluding carboxylic acids is 1. The summed E-state index contributed by atoms with van der Waals surface area (Å²) in [5.41, 5.74) is -0.423. The molecule has 64 valence electrons. The molecule has 1 aliphatic rings. The largest absolute Gasteiger partial charge is 0.393 e. The maximum absolute atomic E-state index is 10.8. The van der Waals surface area contributed by atoms with Crippen LogP contribution in [0.25, 0.3) is 0 Å². The molecule has 0 aliphatic carbocycles. The third-order valence-electron chi connectivity index (χ3n) is 2.33. The first-order chi connectivity index (χ1) is 5.22. The Labute approximate surface area is 66.4 Å². The number of hydrogen-bond acceptors (Lipinski definition) is 3. The molecule has 1 unspecified atom stereocenters. The summed E-state index contributed by atoms with van der Waals surface area (Å²) in [7, 11) is 0. The van der Waals surface area contributed by atoms with Crippen LogP contribution in [0.4, 0.5) is 0 Å². The third kappa shape index (κ3) is 1.79. The highest BCUT2D eigenvalue weighted by Gasteiger charge is 2.33. The molecule has 1 saturated heterocycles. The van der Waals surface area contributed by atoms with E-state index in [0.29, 0.717) is 12.8 Å². The molecule has 1 atom stereocenters. The molecule has 11 heavy (non-hydrogen) atoms. The summed E-state index contributed by atoms with van der Waals surface area (Å²) in [5.74, 6) is 0.141. The van der Waals surface area contributed by atoms with Crippen molar-refractivity contribution in [2.75, 3.05) is 13.2 Å². The van der Waals surface area contributed by atoms with Crippen molar-refractivity contribution in [1.82, 2.24) is 0 Å². The monoisotopic (exact) mass is 158 g/mol. The summed E-state index contributed by atoms with van der Waals surface area (Å²) >= 11 is 0. The van der Waals surface area contributed by atoms with E-state index in [1.165, 1.54) is 0 Å². The van der Waals surface area contributed by atoms with Gasteiger partial charge in [0.2, 0.25) is 0 Å². The molecular formula is C8H14O3. The molecule has 0 bridgehead atoms. The standard InChI is InChI=1S/C8H14O3/c1-2-8(6-9)4-3-7(10)5-11-8/h9H,2-6H2,1H3. The minimum atomic E-state index is -0.423. The Morgan fingerprint density at radius 1 is 1.73 bits per heavy atom. The van der Waals surface area contributed by atoms with Gasteiger partial charge in [-0.3, -0.25) is 4.79 Å². The molecule has 3 nitrogen and oxygen atoms in total. The van der Waals surface area contributed by atoms with Crippen LogP contribution in [0.3, 0.4) is 0 Å². The van der Waals surface area contributed by atoms with Crippen LogP contribution in [0, 0.1) is 0 Å². The Balaban J connectivity index is 2.52. The van der Waals surface area contributed by atoms with Crippen LogP contribution in [0.15, 0.2) is 0 Å². The van der Waals surface area contributed by atoms with Crippen LogP contribution in [-0.2, 0) is 9.53 Å². The van der Waals surface area contributed by atoms with Crippen molar-refractivity contribution >= 4 is 5.78 Å². The van der Waals surface area contributed by atoms with Gasteiger partial charge < -0.3 is 9.84 Å². The van der Waals surface area contributed by atoms with E-state index in [0.717, 1.165) is 6.42 Å². The summed E-state index contributed by atoms with van der Waals surface area (Å²) in [5, 5.41) is 8.99. The van der Waals surface area contributed by atoms with Crippen molar-refractivity contribution in [3.05, 3.63) is 0 Å². The van der Waals surface area contributed by atoms with E-state index in [9.17, 15) is 4.79 Å². The zero-order chi connectivity index (χ0) is 8.32. The molecule has 0 aromatic heterocycles. The maximum Gasteiger partial charge on any atom is 0.158 e. The van der Waals surface area contributed by atoms with Crippen LogP contribution in [0.1, 0.15) is 26.2 Å². The second-order valence-electron chi connectivity index (χ2n) is 3.02. The molecule has 1 aliphatic heterocycles. The minimum absolute atomic E-state index is 0.0246. The molecule has 0 spiro atoms. The first kappa shape index (κ1) is 8.68. The molecule has 0 amide bonds. The zero-order valence-corrected chi connectivity index (χ0v) is 6.80. The van der Waals surface area contributed by atoms with Gasteiger partial charge in [0.25, 0.3) is 0 Å². The number of aliphatic hydroxyl groups is 1. The maximum atomic E-state index is 10.8. The third-order valence-corrected chi connectivity index (χ3v) is 2.33. The Bertz CT molecular complexity index is 137. The van der Waals surface area contributed by atoms with E-state index in [-0.39, 0.29) is 19.0 Å². The number of ether oxygens (including phenoxy) is 1. The van der Waals surface area contributed by atoms with E-state index < -0.39 is 5.60 Å². The zero-order valence-electron chi connectivity index (χ0n) is 6.80. The molecule has 1 fully saturated rings. The number of aliphatic hydroxyl groups excluding tert-OH is 1. The summed E-state index contributed by atoms with van der Waals surface area (Å²) in [6, 6.07) is 0. The Morgan fingerprint density at radius 3 is 2.82 bits per heavy atom. The van der Waals surface area contributed by atoms with E-state index in [1.807, 2.05) is 6.92 Å². The first-order valence-electron chi connectivity index (χ1n) is 3.99. The number of rotatable bonds is 2. The van der Waals surface area contributed by atoms with Crippen molar-refractivity contribution in [1.29, 1.82) is 0 Å². The second kappa shape index (κ2) is 3.32. The van der Waals surface area contributed by atoms with Gasteiger partial charge in [0.1, 0.15) is 6.61 Å². The SMILES string of the molecule is CCC1(CO)CCC(=O)CO1. The summed E-state index contributed by atoms with van der Waals surface area (Å²) < 4.78 is 5.28. The smallest absolute Gasteiger partial charge is 0.158 e.